The highest BCUT2D eigenvalue weighted by Gasteiger charge is 2.36. The standard InChI is InChI=1S/C14H17FN4O3S.ClH/c1-23(20,21)19-11-5-4-9(15)8-10(11)12-17-13(18-22-12)14(16)6-2-3-7-14;/h4-5,8,19H,2-3,6-7,16H2,1H3;1H. The maximum Gasteiger partial charge on any atom is 0.260 e. The SMILES string of the molecule is CS(=O)(=O)Nc1ccc(F)cc1-c1nc(C2(N)CCCC2)no1.Cl. The predicted molar refractivity (Wildman–Crippen MR) is 89.7 cm³/mol. The van der Waals surface area contributed by atoms with Gasteiger partial charge in [0.1, 0.15) is 5.82 Å². The van der Waals surface area contributed by atoms with Crippen molar-refractivity contribution in [2.24, 2.45) is 5.73 Å². The second-order valence-electron chi connectivity index (χ2n) is 5.85. The maximum absolute atomic E-state index is 13.6. The Morgan fingerprint density at radius 3 is 2.62 bits per heavy atom. The van der Waals surface area contributed by atoms with Crippen molar-refractivity contribution in [3.05, 3.63) is 29.8 Å². The molecule has 1 saturated carbocycles. The summed E-state index contributed by atoms with van der Waals surface area (Å²) in [6.07, 6.45) is 4.49. The third-order valence-corrected chi connectivity index (χ3v) is 4.47. The summed E-state index contributed by atoms with van der Waals surface area (Å²) in [5.41, 5.74) is 5.98. The van der Waals surface area contributed by atoms with Gasteiger partial charge in [0.15, 0.2) is 5.82 Å². The molecule has 24 heavy (non-hydrogen) atoms. The number of rotatable bonds is 4. The van der Waals surface area contributed by atoms with Crippen LogP contribution in [0.5, 0.6) is 0 Å². The van der Waals surface area contributed by atoms with Gasteiger partial charge in [-0.2, -0.15) is 4.98 Å². The number of hydrogen-bond donors (Lipinski definition) is 2. The monoisotopic (exact) mass is 376 g/mol. The normalized spacial score (nSPS) is 16.6. The van der Waals surface area contributed by atoms with E-state index in [4.69, 9.17) is 10.3 Å². The molecule has 0 bridgehead atoms. The lowest BCUT2D eigenvalue weighted by Crippen LogP contribution is -2.34. The largest absolute Gasteiger partial charge is 0.334 e. The Bertz CT molecular complexity index is 834. The molecular formula is C14H18ClFN4O3S. The van der Waals surface area contributed by atoms with Crippen LogP contribution in [0.25, 0.3) is 11.5 Å². The van der Waals surface area contributed by atoms with Crippen LogP contribution in [0.3, 0.4) is 0 Å². The first-order chi connectivity index (χ1) is 10.8. The summed E-state index contributed by atoms with van der Waals surface area (Å²) in [5, 5.41) is 3.90. The molecule has 1 aliphatic rings. The van der Waals surface area contributed by atoms with Crippen LogP contribution in [-0.2, 0) is 15.6 Å². The van der Waals surface area contributed by atoms with Crippen molar-refractivity contribution in [3.63, 3.8) is 0 Å². The van der Waals surface area contributed by atoms with E-state index in [1.807, 2.05) is 0 Å². The first-order valence-corrected chi connectivity index (χ1v) is 9.07. The zero-order valence-corrected chi connectivity index (χ0v) is 14.6. The van der Waals surface area contributed by atoms with Gasteiger partial charge in [-0.25, -0.2) is 12.8 Å². The zero-order chi connectivity index (χ0) is 16.7. The van der Waals surface area contributed by atoms with E-state index in [1.165, 1.54) is 6.07 Å². The molecule has 1 aromatic carbocycles. The Morgan fingerprint density at radius 1 is 1.33 bits per heavy atom. The van der Waals surface area contributed by atoms with Crippen LogP contribution in [0.2, 0.25) is 0 Å². The zero-order valence-electron chi connectivity index (χ0n) is 13.0. The molecule has 0 amide bonds. The first kappa shape index (κ1) is 18.6. The molecule has 3 N–H and O–H groups in total. The van der Waals surface area contributed by atoms with Crippen molar-refractivity contribution in [1.82, 2.24) is 10.1 Å². The van der Waals surface area contributed by atoms with Gasteiger partial charge in [0, 0.05) is 0 Å². The van der Waals surface area contributed by atoms with Crippen molar-refractivity contribution in [3.8, 4) is 11.5 Å². The van der Waals surface area contributed by atoms with Crippen LogP contribution in [0.1, 0.15) is 31.5 Å². The molecular weight excluding hydrogens is 359 g/mol. The van der Waals surface area contributed by atoms with Crippen molar-refractivity contribution in [2.45, 2.75) is 31.2 Å². The highest BCUT2D eigenvalue weighted by Crippen LogP contribution is 2.36. The van der Waals surface area contributed by atoms with Gasteiger partial charge in [-0.05, 0) is 31.0 Å². The van der Waals surface area contributed by atoms with E-state index >= 15 is 0 Å². The summed E-state index contributed by atoms with van der Waals surface area (Å²) in [7, 11) is -3.53. The Kier molecular flexibility index (Phi) is 5.17. The van der Waals surface area contributed by atoms with E-state index in [0.29, 0.717) is 5.82 Å². The van der Waals surface area contributed by atoms with Crippen LogP contribution in [0.15, 0.2) is 22.7 Å². The lowest BCUT2D eigenvalue weighted by molar-refractivity contribution is 0.372. The average molecular weight is 377 g/mol. The van der Waals surface area contributed by atoms with Crippen molar-refractivity contribution in [2.75, 3.05) is 11.0 Å². The quantitative estimate of drug-likeness (QED) is 0.847. The fraction of sp³-hybridized carbons (Fsp3) is 0.429. The summed E-state index contributed by atoms with van der Waals surface area (Å²) < 4.78 is 43.9. The number of nitrogens with zero attached hydrogens (tertiary/aromatic N) is 2. The lowest BCUT2D eigenvalue weighted by Gasteiger charge is -2.17. The fourth-order valence-electron chi connectivity index (χ4n) is 2.75. The molecule has 132 valence electrons. The summed E-state index contributed by atoms with van der Waals surface area (Å²) in [4.78, 5) is 4.26. The number of nitrogens with one attached hydrogen (secondary N) is 1. The molecule has 1 aromatic heterocycles. The number of nitrogens with two attached hydrogens (primary N) is 1. The summed E-state index contributed by atoms with van der Waals surface area (Å²) in [5.74, 6) is -0.149. The van der Waals surface area contributed by atoms with Gasteiger partial charge in [-0.3, -0.25) is 4.72 Å². The second-order valence-corrected chi connectivity index (χ2v) is 7.60. The van der Waals surface area contributed by atoms with Gasteiger partial charge in [-0.15, -0.1) is 12.4 Å². The van der Waals surface area contributed by atoms with Crippen molar-refractivity contribution < 1.29 is 17.3 Å². The van der Waals surface area contributed by atoms with Gasteiger partial charge in [0.2, 0.25) is 10.0 Å². The molecule has 0 radical (unpaired) electrons. The van der Waals surface area contributed by atoms with E-state index in [1.54, 1.807) is 0 Å². The number of halogens is 2. The molecule has 10 heteroatoms. The Labute approximate surface area is 145 Å². The molecule has 0 unspecified atom stereocenters. The Hall–Kier alpha value is -1.71. The summed E-state index contributed by atoms with van der Waals surface area (Å²) in [6, 6.07) is 3.60. The highest BCUT2D eigenvalue weighted by atomic mass is 35.5. The van der Waals surface area contributed by atoms with Gasteiger partial charge < -0.3 is 10.3 Å². The van der Waals surface area contributed by atoms with Gasteiger partial charge in [-0.1, -0.05) is 18.0 Å². The molecule has 2 aromatic rings. The van der Waals surface area contributed by atoms with Crippen LogP contribution in [0.4, 0.5) is 10.1 Å². The van der Waals surface area contributed by atoms with Crippen molar-refractivity contribution >= 4 is 28.1 Å². The van der Waals surface area contributed by atoms with Crippen molar-refractivity contribution in [1.29, 1.82) is 0 Å². The van der Waals surface area contributed by atoms with E-state index < -0.39 is 21.4 Å². The molecule has 1 heterocycles. The van der Waals surface area contributed by atoms with Crippen LogP contribution >= 0.6 is 12.4 Å². The molecule has 1 aliphatic carbocycles. The summed E-state index contributed by atoms with van der Waals surface area (Å²) in [6.45, 7) is 0. The molecule has 0 atom stereocenters. The van der Waals surface area contributed by atoms with Gasteiger partial charge in [0.25, 0.3) is 5.89 Å². The number of benzene rings is 1. The van der Waals surface area contributed by atoms with E-state index in [-0.39, 0.29) is 29.5 Å². The summed E-state index contributed by atoms with van der Waals surface area (Å²) >= 11 is 0. The minimum Gasteiger partial charge on any atom is -0.334 e. The number of sulfonamides is 1. The number of anilines is 1. The number of hydrogen-bond acceptors (Lipinski definition) is 6. The molecule has 0 aliphatic heterocycles. The second kappa shape index (κ2) is 6.66. The Balaban J connectivity index is 0.00000208. The van der Waals surface area contributed by atoms with Crippen LogP contribution in [-0.4, -0.2) is 24.8 Å². The third-order valence-electron chi connectivity index (χ3n) is 3.87. The number of aromatic nitrogens is 2. The van der Waals surface area contributed by atoms with E-state index in [0.717, 1.165) is 44.1 Å². The Morgan fingerprint density at radius 2 is 2.00 bits per heavy atom. The molecule has 7 nitrogen and oxygen atoms in total. The molecule has 0 spiro atoms. The lowest BCUT2D eigenvalue weighted by atomic mass is 9.98. The average Bonchev–Trinajstić information content (AvgIpc) is 3.09. The fourth-order valence-corrected chi connectivity index (χ4v) is 3.32. The van der Waals surface area contributed by atoms with Gasteiger partial charge in [0.05, 0.1) is 23.0 Å². The van der Waals surface area contributed by atoms with Gasteiger partial charge >= 0.3 is 0 Å². The molecule has 0 saturated heterocycles. The van der Waals surface area contributed by atoms with E-state index in [2.05, 4.69) is 14.9 Å². The molecule has 3 rings (SSSR count). The minimum absolute atomic E-state index is 0. The minimum atomic E-state index is -3.53. The predicted octanol–water partition coefficient (Wildman–Crippen LogP) is 2.40. The van der Waals surface area contributed by atoms with Crippen LogP contribution < -0.4 is 10.5 Å². The third kappa shape index (κ3) is 3.85. The smallest absolute Gasteiger partial charge is 0.260 e. The molecule has 1 fully saturated rings. The van der Waals surface area contributed by atoms with Crippen LogP contribution in [0, 0.1) is 5.82 Å². The topological polar surface area (TPSA) is 111 Å². The highest BCUT2D eigenvalue weighted by molar-refractivity contribution is 7.92. The maximum atomic E-state index is 13.6. The first-order valence-electron chi connectivity index (χ1n) is 7.18. The van der Waals surface area contributed by atoms with E-state index in [9.17, 15) is 12.8 Å².